The van der Waals surface area contributed by atoms with Crippen LogP contribution in [0.3, 0.4) is 0 Å². The molecule has 2 heterocycles. The van der Waals surface area contributed by atoms with Crippen molar-refractivity contribution in [3.63, 3.8) is 0 Å². The van der Waals surface area contributed by atoms with E-state index in [2.05, 4.69) is 16.8 Å². The summed E-state index contributed by atoms with van der Waals surface area (Å²) in [6.45, 7) is 7.72. The van der Waals surface area contributed by atoms with Crippen molar-refractivity contribution in [2.24, 2.45) is 11.7 Å². The molecule has 0 spiro atoms. The van der Waals surface area contributed by atoms with Crippen molar-refractivity contribution in [1.82, 2.24) is 14.8 Å². The van der Waals surface area contributed by atoms with E-state index in [0.29, 0.717) is 19.0 Å². The third kappa shape index (κ3) is 3.79. The van der Waals surface area contributed by atoms with Gasteiger partial charge >= 0.3 is 0 Å². The summed E-state index contributed by atoms with van der Waals surface area (Å²) in [6, 6.07) is -0.932. The van der Waals surface area contributed by atoms with Crippen LogP contribution in [-0.2, 0) is 14.8 Å². The number of carbonyl (C=O) groups is 1. The average Bonchev–Trinajstić information content (AvgIpc) is 2.85. The molecule has 1 fully saturated rings. The van der Waals surface area contributed by atoms with Crippen LogP contribution >= 0.6 is 0 Å². The highest BCUT2D eigenvalue weighted by Gasteiger charge is 2.34. The second-order valence-electron chi connectivity index (χ2n) is 6.55. The second-order valence-corrected chi connectivity index (χ2v) is 8.20. The molecular formula is C15H26N4O4S. The van der Waals surface area contributed by atoms with E-state index in [-0.39, 0.29) is 28.3 Å². The number of aryl methyl sites for hydroxylation is 2. The minimum atomic E-state index is -3.88. The van der Waals surface area contributed by atoms with Crippen molar-refractivity contribution in [3.05, 3.63) is 11.5 Å². The van der Waals surface area contributed by atoms with Gasteiger partial charge in [0, 0.05) is 19.1 Å². The van der Waals surface area contributed by atoms with Crippen molar-refractivity contribution < 1.29 is 17.7 Å². The zero-order valence-electron chi connectivity index (χ0n) is 14.6. The van der Waals surface area contributed by atoms with E-state index in [1.165, 1.54) is 6.92 Å². The van der Waals surface area contributed by atoms with Gasteiger partial charge in [0.25, 0.3) is 0 Å². The molecule has 1 aromatic heterocycles. The highest BCUT2D eigenvalue weighted by Crippen LogP contribution is 2.23. The van der Waals surface area contributed by atoms with Gasteiger partial charge in [-0.15, -0.1) is 0 Å². The van der Waals surface area contributed by atoms with Crippen LogP contribution in [0.2, 0.25) is 0 Å². The van der Waals surface area contributed by atoms with E-state index in [9.17, 15) is 13.2 Å². The van der Waals surface area contributed by atoms with Gasteiger partial charge in [0.05, 0.1) is 6.04 Å². The van der Waals surface area contributed by atoms with Crippen LogP contribution in [0.4, 0.5) is 0 Å². The quantitative estimate of drug-likeness (QED) is 0.793. The third-order valence-corrected chi connectivity index (χ3v) is 6.26. The Balaban J connectivity index is 2.14. The summed E-state index contributed by atoms with van der Waals surface area (Å²) < 4.78 is 32.4. The molecular weight excluding hydrogens is 332 g/mol. The summed E-state index contributed by atoms with van der Waals surface area (Å²) in [5.74, 6) is 0.455. The molecule has 0 radical (unpaired) electrons. The predicted octanol–water partition coefficient (Wildman–Crippen LogP) is 0.544. The van der Waals surface area contributed by atoms with Gasteiger partial charge in [0.15, 0.2) is 5.76 Å². The molecule has 3 N–H and O–H groups in total. The number of hydrogen-bond donors (Lipinski definition) is 2. The van der Waals surface area contributed by atoms with Crippen LogP contribution in [0.15, 0.2) is 9.42 Å². The van der Waals surface area contributed by atoms with Gasteiger partial charge < -0.3 is 15.2 Å². The van der Waals surface area contributed by atoms with Gasteiger partial charge in [-0.05, 0) is 39.5 Å². The maximum Gasteiger partial charge on any atom is 0.246 e. The number of aromatic nitrogens is 1. The molecule has 0 saturated carbocycles. The molecule has 3 atom stereocenters. The zero-order valence-corrected chi connectivity index (χ0v) is 15.4. The lowest BCUT2D eigenvalue weighted by molar-refractivity contribution is -0.136. The van der Waals surface area contributed by atoms with Gasteiger partial charge in [-0.3, -0.25) is 4.79 Å². The Morgan fingerprint density at radius 1 is 1.50 bits per heavy atom. The van der Waals surface area contributed by atoms with Crippen LogP contribution < -0.4 is 10.5 Å². The fourth-order valence-corrected chi connectivity index (χ4v) is 4.74. The molecule has 9 heteroatoms. The molecule has 0 bridgehead atoms. The number of carbonyl (C=O) groups excluding carboxylic acids is 1. The number of piperidine rings is 1. The highest BCUT2D eigenvalue weighted by molar-refractivity contribution is 7.89. The minimum Gasteiger partial charge on any atom is -0.360 e. The summed E-state index contributed by atoms with van der Waals surface area (Å²) in [6.07, 6.45) is 1.73. The topological polar surface area (TPSA) is 119 Å². The Labute approximate surface area is 142 Å². The van der Waals surface area contributed by atoms with Crippen LogP contribution in [0.5, 0.6) is 0 Å². The van der Waals surface area contributed by atoms with Crippen LogP contribution in [0.25, 0.3) is 0 Å². The van der Waals surface area contributed by atoms with Crippen LogP contribution in [0, 0.1) is 19.8 Å². The Hall–Kier alpha value is -1.45. The molecule has 2 rings (SSSR count). The van der Waals surface area contributed by atoms with Gasteiger partial charge in [0.1, 0.15) is 10.6 Å². The highest BCUT2D eigenvalue weighted by atomic mass is 32.2. The van der Waals surface area contributed by atoms with E-state index in [1.54, 1.807) is 18.7 Å². The van der Waals surface area contributed by atoms with Crippen molar-refractivity contribution >= 4 is 15.9 Å². The summed E-state index contributed by atoms with van der Waals surface area (Å²) >= 11 is 0. The summed E-state index contributed by atoms with van der Waals surface area (Å²) in [4.78, 5) is 14.4. The first-order chi connectivity index (χ1) is 11.2. The number of hydrogen-bond acceptors (Lipinski definition) is 6. The number of nitrogens with two attached hydrogens (primary N) is 1. The molecule has 1 amide bonds. The third-order valence-electron chi connectivity index (χ3n) is 4.47. The Morgan fingerprint density at radius 2 is 2.17 bits per heavy atom. The van der Waals surface area contributed by atoms with Crippen molar-refractivity contribution in [3.8, 4) is 0 Å². The summed E-state index contributed by atoms with van der Waals surface area (Å²) in [5.41, 5.74) is 6.05. The van der Waals surface area contributed by atoms with Gasteiger partial charge in [-0.2, -0.15) is 4.72 Å². The van der Waals surface area contributed by atoms with E-state index < -0.39 is 16.1 Å². The lowest BCUT2D eigenvalue weighted by atomic mass is 9.92. The van der Waals surface area contributed by atoms with E-state index >= 15 is 0 Å². The molecule has 136 valence electrons. The predicted molar refractivity (Wildman–Crippen MR) is 88.7 cm³/mol. The lowest BCUT2D eigenvalue weighted by Gasteiger charge is -2.39. The molecule has 1 saturated heterocycles. The number of sulfonamides is 1. The van der Waals surface area contributed by atoms with E-state index in [0.717, 1.165) is 12.8 Å². The van der Waals surface area contributed by atoms with Gasteiger partial charge in [-0.1, -0.05) is 12.1 Å². The van der Waals surface area contributed by atoms with Crippen molar-refractivity contribution in [2.75, 3.05) is 13.1 Å². The normalized spacial score (nSPS) is 23.3. The molecule has 0 aliphatic carbocycles. The Bertz CT molecular complexity index is 681. The zero-order chi connectivity index (χ0) is 18.1. The van der Waals surface area contributed by atoms with Crippen molar-refractivity contribution in [1.29, 1.82) is 0 Å². The van der Waals surface area contributed by atoms with Crippen LogP contribution in [0.1, 0.15) is 38.1 Å². The first-order valence-electron chi connectivity index (χ1n) is 8.13. The second kappa shape index (κ2) is 7.20. The van der Waals surface area contributed by atoms with Crippen molar-refractivity contribution in [2.45, 2.75) is 57.5 Å². The maximum atomic E-state index is 12.7. The number of nitrogens with zero attached hydrogens (tertiary/aromatic N) is 2. The molecule has 1 aliphatic rings. The van der Waals surface area contributed by atoms with Gasteiger partial charge in [-0.25, -0.2) is 8.42 Å². The molecule has 3 unspecified atom stereocenters. The number of nitrogens with one attached hydrogen (secondary N) is 1. The first-order valence-corrected chi connectivity index (χ1v) is 9.61. The van der Waals surface area contributed by atoms with Gasteiger partial charge in [0.2, 0.25) is 15.9 Å². The number of rotatable bonds is 5. The smallest absolute Gasteiger partial charge is 0.246 e. The van der Waals surface area contributed by atoms with E-state index in [4.69, 9.17) is 10.3 Å². The standard InChI is InChI=1S/C15H26N4O4S/c1-9-5-6-19(13(7-9)8-16)15(20)11(3)18-24(21,22)14-10(2)17-23-12(14)4/h9,11,13,18H,5-8,16H2,1-4H3. The largest absolute Gasteiger partial charge is 0.360 e. The molecule has 1 aliphatic heterocycles. The minimum absolute atomic E-state index is 0.00945. The summed E-state index contributed by atoms with van der Waals surface area (Å²) in [5, 5.41) is 3.65. The summed E-state index contributed by atoms with van der Waals surface area (Å²) in [7, 11) is -3.88. The number of amides is 1. The molecule has 24 heavy (non-hydrogen) atoms. The monoisotopic (exact) mass is 358 g/mol. The first kappa shape index (κ1) is 18.9. The van der Waals surface area contributed by atoms with E-state index in [1.807, 2.05) is 0 Å². The Morgan fingerprint density at radius 3 is 2.71 bits per heavy atom. The Kier molecular flexibility index (Phi) is 5.67. The van der Waals surface area contributed by atoms with Crippen LogP contribution in [-0.4, -0.2) is 49.6 Å². The molecule has 8 nitrogen and oxygen atoms in total. The fourth-order valence-electron chi connectivity index (χ4n) is 3.21. The fraction of sp³-hybridized carbons (Fsp3) is 0.733. The molecule has 1 aromatic rings. The lowest BCUT2D eigenvalue weighted by Crippen LogP contribution is -2.55. The average molecular weight is 358 g/mol. The molecule has 0 aromatic carbocycles. The maximum absolute atomic E-state index is 12.7. The SMILES string of the molecule is Cc1noc(C)c1S(=O)(=O)NC(C)C(=O)N1CCC(C)CC1CN. The number of likely N-dealkylation sites (tertiary alicyclic amines) is 1.